The molecule has 2 aromatic carbocycles. The quantitative estimate of drug-likeness (QED) is 0.403. The molecular weight excluding hydrogens is 446 g/mol. The van der Waals surface area contributed by atoms with E-state index in [1.54, 1.807) is 29.3 Å². The van der Waals surface area contributed by atoms with E-state index in [2.05, 4.69) is 17.1 Å². The van der Waals surface area contributed by atoms with Gasteiger partial charge in [0.05, 0.1) is 25.4 Å². The second-order valence-electron chi connectivity index (χ2n) is 8.54. The number of hydrogen-bond acceptors (Lipinski definition) is 5. The van der Waals surface area contributed by atoms with Gasteiger partial charge in [-0.2, -0.15) is 0 Å². The van der Waals surface area contributed by atoms with Crippen LogP contribution >= 0.6 is 11.3 Å². The fraction of sp³-hybridized carbons (Fsp3) is 0.296. The van der Waals surface area contributed by atoms with Crippen molar-refractivity contribution in [3.63, 3.8) is 0 Å². The number of thiophene rings is 1. The van der Waals surface area contributed by atoms with Gasteiger partial charge < -0.3 is 9.64 Å². The largest absolute Gasteiger partial charge is 0.496 e. The molecule has 0 saturated carbocycles. The van der Waals surface area contributed by atoms with Crippen LogP contribution in [0.2, 0.25) is 0 Å². The third-order valence-electron chi connectivity index (χ3n) is 6.47. The number of carbonyl (C=O) groups excluding carboxylic acids is 1. The molecule has 0 aliphatic carbocycles. The van der Waals surface area contributed by atoms with Crippen LogP contribution in [0.15, 0.2) is 65.7 Å². The summed E-state index contributed by atoms with van der Waals surface area (Å²) in [6.45, 7) is 1.74. The van der Waals surface area contributed by atoms with E-state index in [1.165, 1.54) is 5.56 Å². The van der Waals surface area contributed by atoms with Gasteiger partial charge in [0.25, 0.3) is 5.56 Å². The highest BCUT2D eigenvalue weighted by atomic mass is 32.1. The molecule has 7 heteroatoms. The van der Waals surface area contributed by atoms with E-state index in [0.29, 0.717) is 38.9 Å². The van der Waals surface area contributed by atoms with E-state index in [-0.39, 0.29) is 11.5 Å². The van der Waals surface area contributed by atoms with Gasteiger partial charge >= 0.3 is 0 Å². The molecule has 0 bridgehead atoms. The summed E-state index contributed by atoms with van der Waals surface area (Å²) >= 11 is 1.54. The molecule has 1 amide bonds. The van der Waals surface area contributed by atoms with Crippen molar-refractivity contribution in [1.29, 1.82) is 0 Å². The van der Waals surface area contributed by atoms with Crippen molar-refractivity contribution in [3.05, 3.63) is 92.8 Å². The van der Waals surface area contributed by atoms with E-state index < -0.39 is 0 Å². The van der Waals surface area contributed by atoms with Gasteiger partial charge in [0.1, 0.15) is 10.6 Å². The Morgan fingerprint density at radius 2 is 1.88 bits per heavy atom. The fourth-order valence-corrected chi connectivity index (χ4v) is 5.79. The lowest BCUT2D eigenvalue weighted by molar-refractivity contribution is -0.132. The first-order valence-electron chi connectivity index (χ1n) is 11.6. The molecule has 0 saturated heterocycles. The van der Waals surface area contributed by atoms with Crippen molar-refractivity contribution in [3.8, 4) is 5.75 Å². The van der Waals surface area contributed by atoms with Crippen molar-refractivity contribution >= 4 is 27.5 Å². The maximum absolute atomic E-state index is 13.3. The monoisotopic (exact) mass is 473 g/mol. The zero-order valence-corrected chi connectivity index (χ0v) is 20.0. The predicted molar refractivity (Wildman–Crippen MR) is 134 cm³/mol. The van der Waals surface area contributed by atoms with Crippen molar-refractivity contribution < 1.29 is 9.53 Å². The zero-order valence-electron chi connectivity index (χ0n) is 19.2. The Hall–Kier alpha value is -3.45. The Morgan fingerprint density at radius 3 is 2.71 bits per heavy atom. The maximum atomic E-state index is 13.3. The van der Waals surface area contributed by atoms with Crippen molar-refractivity contribution in [2.24, 2.45) is 0 Å². The Labute approximate surface area is 202 Å². The molecule has 3 heterocycles. The number of aryl methyl sites for hydroxylation is 3. The molecule has 6 nitrogen and oxygen atoms in total. The van der Waals surface area contributed by atoms with Crippen LogP contribution in [0.4, 0.5) is 0 Å². The number of ether oxygens (including phenoxy) is 1. The topological polar surface area (TPSA) is 64.4 Å². The van der Waals surface area contributed by atoms with Crippen LogP contribution in [-0.4, -0.2) is 34.0 Å². The highest BCUT2D eigenvalue weighted by Crippen LogP contribution is 2.32. The molecule has 0 N–H and O–H groups in total. The minimum absolute atomic E-state index is 0.00116. The number of para-hydroxylation sites is 1. The molecule has 34 heavy (non-hydrogen) atoms. The molecule has 0 radical (unpaired) electrons. The zero-order chi connectivity index (χ0) is 23.5. The van der Waals surface area contributed by atoms with Crippen LogP contribution in [-0.2, 0) is 37.1 Å². The molecule has 1 aliphatic rings. The maximum Gasteiger partial charge on any atom is 0.262 e. The Morgan fingerprint density at radius 1 is 1.09 bits per heavy atom. The first-order valence-corrected chi connectivity index (χ1v) is 12.4. The van der Waals surface area contributed by atoms with Gasteiger partial charge in [-0.25, -0.2) is 4.98 Å². The van der Waals surface area contributed by atoms with Crippen LogP contribution in [0.1, 0.15) is 28.0 Å². The van der Waals surface area contributed by atoms with Crippen molar-refractivity contribution in [2.45, 2.75) is 38.8 Å². The summed E-state index contributed by atoms with van der Waals surface area (Å²) in [5.41, 5.74) is 3.31. The van der Waals surface area contributed by atoms with Gasteiger partial charge in [-0.3, -0.25) is 14.2 Å². The van der Waals surface area contributed by atoms with Crippen LogP contribution in [0.5, 0.6) is 5.75 Å². The molecule has 0 spiro atoms. The van der Waals surface area contributed by atoms with Gasteiger partial charge in [0, 0.05) is 24.4 Å². The van der Waals surface area contributed by atoms with Gasteiger partial charge in [-0.1, -0.05) is 48.5 Å². The lowest BCUT2D eigenvalue weighted by atomic mass is 10.0. The normalized spacial score (nSPS) is 13.1. The standard InChI is InChI=1S/C27H27N3O3S/c1-33-22-10-6-5-9-20(22)13-15-30-18-28-26-25(27(30)32)21-14-16-29(17-23(21)34-26)24(31)12-11-19-7-3-2-4-8-19/h2-10,18H,11-17H2,1H3. The number of carbonyl (C=O) groups is 1. The number of hydrogen-bond donors (Lipinski definition) is 0. The molecule has 2 aromatic heterocycles. The third kappa shape index (κ3) is 4.48. The number of amides is 1. The molecular formula is C27H27N3O3S. The van der Waals surface area contributed by atoms with Crippen molar-refractivity contribution in [1.82, 2.24) is 14.5 Å². The van der Waals surface area contributed by atoms with Gasteiger partial charge in [0.2, 0.25) is 5.91 Å². The Bertz CT molecular complexity index is 1380. The smallest absolute Gasteiger partial charge is 0.262 e. The molecule has 4 aromatic rings. The van der Waals surface area contributed by atoms with Gasteiger partial charge in [-0.05, 0) is 42.0 Å². The SMILES string of the molecule is COc1ccccc1CCn1cnc2sc3c(c2c1=O)CCN(C(=O)CCc1ccccc1)C3. The van der Waals surface area contributed by atoms with Gasteiger partial charge in [-0.15, -0.1) is 11.3 Å². The van der Waals surface area contributed by atoms with Gasteiger partial charge in [0.15, 0.2) is 0 Å². The van der Waals surface area contributed by atoms with E-state index >= 15 is 0 Å². The minimum Gasteiger partial charge on any atom is -0.496 e. The minimum atomic E-state index is 0.00116. The number of rotatable bonds is 7. The summed E-state index contributed by atoms with van der Waals surface area (Å²) in [4.78, 5) is 34.5. The highest BCUT2D eigenvalue weighted by Gasteiger charge is 2.26. The number of benzene rings is 2. The van der Waals surface area contributed by atoms with Crippen LogP contribution in [0.25, 0.3) is 10.2 Å². The summed E-state index contributed by atoms with van der Waals surface area (Å²) in [5.74, 6) is 0.989. The Kier molecular flexibility index (Phi) is 6.45. The fourth-order valence-electron chi connectivity index (χ4n) is 4.60. The van der Waals surface area contributed by atoms with E-state index in [9.17, 15) is 9.59 Å². The molecule has 1 aliphatic heterocycles. The molecule has 174 valence electrons. The predicted octanol–water partition coefficient (Wildman–Crippen LogP) is 4.23. The second kappa shape index (κ2) is 9.81. The first-order chi connectivity index (χ1) is 16.6. The van der Waals surface area contributed by atoms with E-state index in [0.717, 1.165) is 38.4 Å². The lowest BCUT2D eigenvalue weighted by Gasteiger charge is -2.27. The summed E-state index contributed by atoms with van der Waals surface area (Å²) in [7, 11) is 1.66. The lowest BCUT2D eigenvalue weighted by Crippen LogP contribution is -2.35. The molecule has 5 rings (SSSR count). The molecule has 0 unspecified atom stereocenters. The number of fused-ring (bicyclic) bond motifs is 3. The average molecular weight is 474 g/mol. The molecule has 0 fully saturated rings. The summed E-state index contributed by atoms with van der Waals surface area (Å²) < 4.78 is 7.13. The number of aromatic nitrogens is 2. The van der Waals surface area contributed by atoms with Crippen LogP contribution in [0.3, 0.4) is 0 Å². The number of nitrogens with zero attached hydrogens (tertiary/aromatic N) is 3. The first kappa shape index (κ1) is 22.3. The highest BCUT2D eigenvalue weighted by molar-refractivity contribution is 7.18. The second-order valence-corrected chi connectivity index (χ2v) is 9.62. The summed E-state index contributed by atoms with van der Waals surface area (Å²) in [6, 6.07) is 18.0. The third-order valence-corrected chi connectivity index (χ3v) is 7.59. The average Bonchev–Trinajstić information content (AvgIpc) is 3.26. The van der Waals surface area contributed by atoms with E-state index in [1.807, 2.05) is 47.4 Å². The summed E-state index contributed by atoms with van der Waals surface area (Å²) in [6.07, 6.45) is 4.27. The summed E-state index contributed by atoms with van der Waals surface area (Å²) in [5, 5.41) is 0.721. The molecule has 0 atom stereocenters. The van der Waals surface area contributed by atoms with Crippen LogP contribution < -0.4 is 10.3 Å². The van der Waals surface area contributed by atoms with Crippen LogP contribution in [0, 0.1) is 0 Å². The van der Waals surface area contributed by atoms with Crippen molar-refractivity contribution in [2.75, 3.05) is 13.7 Å². The van der Waals surface area contributed by atoms with E-state index in [4.69, 9.17) is 4.74 Å². The number of methoxy groups -OCH3 is 1. The Balaban J connectivity index is 1.31.